The Kier molecular flexibility index (Phi) is 6.49. The van der Waals surface area contributed by atoms with E-state index in [1.165, 1.54) is 36.7 Å². The number of furan rings is 1. The highest BCUT2D eigenvalue weighted by Gasteiger charge is 2.29. The van der Waals surface area contributed by atoms with E-state index in [1.807, 2.05) is 24.3 Å². The van der Waals surface area contributed by atoms with E-state index >= 15 is 0 Å². The van der Waals surface area contributed by atoms with Crippen LogP contribution in [0.15, 0.2) is 77.5 Å². The molecular weight excluding hydrogens is 451 g/mol. The molecule has 178 valence electrons. The highest BCUT2D eigenvalue weighted by Crippen LogP contribution is 2.17. The summed E-state index contributed by atoms with van der Waals surface area (Å²) in [5.41, 5.74) is 1.99. The van der Waals surface area contributed by atoms with Gasteiger partial charge in [0.05, 0.1) is 42.7 Å². The molecule has 0 radical (unpaired) electrons. The Labute approximate surface area is 200 Å². The van der Waals surface area contributed by atoms with Crippen molar-refractivity contribution in [1.29, 1.82) is 0 Å². The van der Waals surface area contributed by atoms with E-state index in [4.69, 9.17) is 9.15 Å². The lowest BCUT2D eigenvalue weighted by Gasteiger charge is -2.35. The summed E-state index contributed by atoms with van der Waals surface area (Å²) in [7, 11) is 0. The molecule has 2 aromatic carbocycles. The van der Waals surface area contributed by atoms with Crippen LogP contribution in [0.3, 0.4) is 0 Å². The van der Waals surface area contributed by atoms with Gasteiger partial charge in [-0.1, -0.05) is 12.1 Å². The Balaban J connectivity index is 1.31. The first-order valence-corrected chi connectivity index (χ1v) is 11.3. The predicted octanol–water partition coefficient (Wildman–Crippen LogP) is 3.55. The van der Waals surface area contributed by atoms with Gasteiger partial charge in [0, 0.05) is 25.2 Å². The van der Waals surface area contributed by atoms with Crippen molar-refractivity contribution >= 4 is 22.8 Å². The molecule has 1 saturated heterocycles. The summed E-state index contributed by atoms with van der Waals surface area (Å²) in [6.45, 7) is 1.47. The fourth-order valence-electron chi connectivity index (χ4n) is 4.07. The molecule has 9 heteroatoms. The smallest absolute Gasteiger partial charge is 0.274 e. The number of fused-ring (bicyclic) bond motifs is 1. The molecule has 0 bridgehead atoms. The molecule has 35 heavy (non-hydrogen) atoms. The Bertz CT molecular complexity index is 1330. The molecule has 0 saturated carbocycles. The standard InChI is InChI=1S/C26H23FN4O4/c27-19-9-7-18(8-10-19)25(32)31(15-20-4-3-12-34-20)17-21-16-30(11-13-35-21)26(33)24-14-28-22-5-1-2-6-23(22)29-24/h1-10,12,14,21H,11,13,15-17H2/t21-/m1/s1. The van der Waals surface area contributed by atoms with Crippen LogP contribution in [-0.2, 0) is 11.3 Å². The van der Waals surface area contributed by atoms with Gasteiger partial charge in [0.15, 0.2) is 0 Å². The van der Waals surface area contributed by atoms with Crippen molar-refractivity contribution in [3.63, 3.8) is 0 Å². The molecule has 2 aromatic heterocycles. The van der Waals surface area contributed by atoms with E-state index in [-0.39, 0.29) is 30.6 Å². The third kappa shape index (κ3) is 5.20. The number of nitrogens with zero attached hydrogens (tertiary/aromatic N) is 4. The number of amides is 2. The summed E-state index contributed by atoms with van der Waals surface area (Å²) >= 11 is 0. The van der Waals surface area contributed by atoms with E-state index in [1.54, 1.807) is 21.9 Å². The maximum Gasteiger partial charge on any atom is 0.274 e. The zero-order valence-electron chi connectivity index (χ0n) is 18.8. The van der Waals surface area contributed by atoms with Crippen molar-refractivity contribution in [3.05, 3.63) is 96.0 Å². The molecule has 0 aliphatic carbocycles. The molecule has 5 rings (SSSR count). The molecule has 8 nitrogen and oxygen atoms in total. The van der Waals surface area contributed by atoms with E-state index in [9.17, 15) is 14.0 Å². The summed E-state index contributed by atoms with van der Waals surface area (Å²) in [4.78, 5) is 38.4. The van der Waals surface area contributed by atoms with Gasteiger partial charge in [0.2, 0.25) is 0 Å². The van der Waals surface area contributed by atoms with Crippen molar-refractivity contribution in [2.24, 2.45) is 0 Å². The maximum atomic E-state index is 13.4. The van der Waals surface area contributed by atoms with Crippen LogP contribution in [0, 0.1) is 5.82 Å². The van der Waals surface area contributed by atoms with Gasteiger partial charge in [0.25, 0.3) is 11.8 Å². The second kappa shape index (κ2) is 10.0. The molecule has 0 N–H and O–H groups in total. The van der Waals surface area contributed by atoms with E-state index in [2.05, 4.69) is 9.97 Å². The topological polar surface area (TPSA) is 88.8 Å². The van der Waals surface area contributed by atoms with E-state index in [0.717, 1.165) is 5.52 Å². The minimum atomic E-state index is -0.416. The van der Waals surface area contributed by atoms with Crippen LogP contribution in [0.4, 0.5) is 4.39 Å². The van der Waals surface area contributed by atoms with Crippen molar-refractivity contribution in [2.75, 3.05) is 26.2 Å². The first-order valence-electron chi connectivity index (χ1n) is 11.3. The van der Waals surface area contributed by atoms with Crippen LogP contribution < -0.4 is 0 Å². The third-order valence-corrected chi connectivity index (χ3v) is 5.82. The van der Waals surface area contributed by atoms with Crippen LogP contribution in [0.1, 0.15) is 26.6 Å². The number of carbonyl (C=O) groups excluding carboxylic acids is 2. The van der Waals surface area contributed by atoms with Crippen molar-refractivity contribution in [2.45, 2.75) is 12.6 Å². The summed E-state index contributed by atoms with van der Waals surface area (Å²) < 4.78 is 24.7. The van der Waals surface area contributed by atoms with Gasteiger partial charge in [-0.3, -0.25) is 14.6 Å². The van der Waals surface area contributed by atoms with Gasteiger partial charge in [0.1, 0.15) is 17.3 Å². The second-order valence-electron chi connectivity index (χ2n) is 8.26. The average molecular weight is 474 g/mol. The summed E-state index contributed by atoms with van der Waals surface area (Å²) in [5, 5.41) is 0. The zero-order valence-corrected chi connectivity index (χ0v) is 18.8. The number of benzene rings is 2. The molecule has 4 aromatic rings. The maximum absolute atomic E-state index is 13.4. The van der Waals surface area contributed by atoms with Gasteiger partial charge in [-0.05, 0) is 48.5 Å². The summed E-state index contributed by atoms with van der Waals surface area (Å²) in [5.74, 6) is -0.329. The minimum Gasteiger partial charge on any atom is -0.467 e. The van der Waals surface area contributed by atoms with Gasteiger partial charge in [-0.2, -0.15) is 0 Å². The lowest BCUT2D eigenvalue weighted by Crippen LogP contribution is -2.50. The van der Waals surface area contributed by atoms with Crippen molar-refractivity contribution < 1.29 is 23.1 Å². The van der Waals surface area contributed by atoms with Crippen LogP contribution in [0.25, 0.3) is 11.0 Å². The number of hydrogen-bond acceptors (Lipinski definition) is 6. The quantitative estimate of drug-likeness (QED) is 0.425. The molecule has 1 atom stereocenters. The minimum absolute atomic E-state index is 0.215. The van der Waals surface area contributed by atoms with Gasteiger partial charge in [-0.25, -0.2) is 9.37 Å². The highest BCUT2D eigenvalue weighted by atomic mass is 19.1. The number of morpholine rings is 1. The molecule has 2 amide bonds. The third-order valence-electron chi connectivity index (χ3n) is 5.82. The number of hydrogen-bond donors (Lipinski definition) is 0. The predicted molar refractivity (Wildman–Crippen MR) is 125 cm³/mol. The fraction of sp³-hybridized carbons (Fsp3) is 0.231. The van der Waals surface area contributed by atoms with Gasteiger partial charge in [-0.15, -0.1) is 0 Å². The second-order valence-corrected chi connectivity index (χ2v) is 8.26. The fourth-order valence-corrected chi connectivity index (χ4v) is 4.07. The van der Waals surface area contributed by atoms with Crippen LogP contribution in [-0.4, -0.2) is 63.9 Å². The number of aromatic nitrogens is 2. The molecular formula is C26H23FN4O4. The Hall–Kier alpha value is -4.11. The molecule has 0 spiro atoms. The molecule has 1 aliphatic heterocycles. The SMILES string of the molecule is O=C(c1ccc(F)cc1)N(Cc1ccco1)C[C@H]1CN(C(=O)c2cnc3ccccc3n2)CCO1. The first kappa shape index (κ1) is 22.7. The normalized spacial score (nSPS) is 15.8. The van der Waals surface area contributed by atoms with Crippen LogP contribution in [0.5, 0.6) is 0 Å². The molecule has 1 fully saturated rings. The monoisotopic (exact) mass is 474 g/mol. The number of para-hydroxylation sites is 2. The van der Waals surface area contributed by atoms with E-state index < -0.39 is 11.9 Å². The molecule has 0 unspecified atom stereocenters. The largest absolute Gasteiger partial charge is 0.467 e. The van der Waals surface area contributed by atoms with E-state index in [0.29, 0.717) is 36.5 Å². The highest BCUT2D eigenvalue weighted by molar-refractivity contribution is 5.94. The number of halogens is 1. The van der Waals surface area contributed by atoms with Gasteiger partial charge < -0.3 is 19.0 Å². The molecule has 3 heterocycles. The Morgan fingerprint density at radius 1 is 1.06 bits per heavy atom. The van der Waals surface area contributed by atoms with Crippen molar-refractivity contribution in [1.82, 2.24) is 19.8 Å². The summed E-state index contributed by atoms with van der Waals surface area (Å²) in [6, 6.07) is 16.3. The lowest BCUT2D eigenvalue weighted by molar-refractivity contribution is -0.0345. The summed E-state index contributed by atoms with van der Waals surface area (Å²) in [6.07, 6.45) is 2.61. The number of carbonyl (C=O) groups is 2. The molecule has 1 aliphatic rings. The van der Waals surface area contributed by atoms with Crippen molar-refractivity contribution in [3.8, 4) is 0 Å². The Morgan fingerprint density at radius 3 is 2.63 bits per heavy atom. The average Bonchev–Trinajstić information content (AvgIpc) is 3.41. The zero-order chi connectivity index (χ0) is 24.2. The van der Waals surface area contributed by atoms with Gasteiger partial charge >= 0.3 is 0 Å². The Morgan fingerprint density at radius 2 is 1.86 bits per heavy atom. The van der Waals surface area contributed by atoms with Crippen LogP contribution in [0.2, 0.25) is 0 Å². The lowest BCUT2D eigenvalue weighted by atomic mass is 10.1. The number of rotatable bonds is 6. The number of ether oxygens (including phenoxy) is 1. The first-order chi connectivity index (χ1) is 17.1. The van der Waals surface area contributed by atoms with Crippen LogP contribution >= 0.6 is 0 Å².